The van der Waals surface area contributed by atoms with Gasteiger partial charge in [0.15, 0.2) is 0 Å². The molecule has 0 aliphatic heterocycles. The van der Waals surface area contributed by atoms with E-state index in [1.807, 2.05) is 36.5 Å². The number of nitrogens with zero attached hydrogens (tertiary/aromatic N) is 3. The lowest BCUT2D eigenvalue weighted by Crippen LogP contribution is -2.16. The van der Waals surface area contributed by atoms with Gasteiger partial charge < -0.3 is 15.0 Å². The molecule has 0 aliphatic carbocycles. The van der Waals surface area contributed by atoms with Crippen LogP contribution in [0.5, 0.6) is 5.75 Å². The molecule has 0 atom stereocenters. The molecule has 5 heteroatoms. The van der Waals surface area contributed by atoms with Gasteiger partial charge in [0.2, 0.25) is 0 Å². The highest BCUT2D eigenvalue weighted by Crippen LogP contribution is 2.30. The quantitative estimate of drug-likeness (QED) is 0.305. The maximum Gasteiger partial charge on any atom is 0.121 e. The van der Waals surface area contributed by atoms with E-state index in [1.54, 1.807) is 6.20 Å². The second-order valence-corrected chi connectivity index (χ2v) is 8.50. The third kappa shape index (κ3) is 6.53. The number of pyridine rings is 2. The van der Waals surface area contributed by atoms with Crippen molar-refractivity contribution in [3.63, 3.8) is 0 Å². The van der Waals surface area contributed by atoms with Crippen molar-refractivity contribution in [3.05, 3.63) is 84.7 Å². The van der Waals surface area contributed by atoms with Gasteiger partial charge in [0.05, 0.1) is 17.8 Å². The minimum atomic E-state index is 0.679. The number of aryl methyl sites for hydroxylation is 1. The number of aromatic nitrogens is 2. The summed E-state index contributed by atoms with van der Waals surface area (Å²) in [6.45, 7) is 2.63. The van der Waals surface area contributed by atoms with E-state index < -0.39 is 0 Å². The van der Waals surface area contributed by atoms with Gasteiger partial charge in [-0.3, -0.25) is 4.98 Å². The highest BCUT2D eigenvalue weighted by molar-refractivity contribution is 5.94. The van der Waals surface area contributed by atoms with Gasteiger partial charge in [-0.05, 0) is 75.8 Å². The molecule has 0 amide bonds. The number of ether oxygens (including phenoxy) is 1. The van der Waals surface area contributed by atoms with Gasteiger partial charge in [0, 0.05) is 41.6 Å². The Labute approximate surface area is 196 Å². The Hall–Kier alpha value is -3.44. The van der Waals surface area contributed by atoms with Crippen molar-refractivity contribution in [3.8, 4) is 17.0 Å². The van der Waals surface area contributed by atoms with Gasteiger partial charge in [0.1, 0.15) is 5.75 Å². The molecule has 2 heterocycles. The Kier molecular flexibility index (Phi) is 7.88. The van der Waals surface area contributed by atoms with Gasteiger partial charge in [-0.25, -0.2) is 4.98 Å². The van der Waals surface area contributed by atoms with Crippen LogP contribution in [-0.2, 0) is 6.42 Å². The third-order valence-corrected chi connectivity index (χ3v) is 5.56. The lowest BCUT2D eigenvalue weighted by atomic mass is 10.1. The van der Waals surface area contributed by atoms with Gasteiger partial charge in [-0.2, -0.15) is 0 Å². The van der Waals surface area contributed by atoms with Crippen LogP contribution >= 0.6 is 0 Å². The molecule has 0 saturated carbocycles. The van der Waals surface area contributed by atoms with Gasteiger partial charge in [-0.1, -0.05) is 30.3 Å². The van der Waals surface area contributed by atoms with Crippen LogP contribution in [-0.4, -0.2) is 48.7 Å². The summed E-state index contributed by atoms with van der Waals surface area (Å²) >= 11 is 0. The van der Waals surface area contributed by atoms with Gasteiger partial charge in [-0.15, -0.1) is 0 Å². The zero-order chi connectivity index (χ0) is 22.9. The molecular weight excluding hydrogens is 408 g/mol. The molecule has 4 aromatic rings. The molecule has 5 nitrogen and oxygen atoms in total. The maximum absolute atomic E-state index is 6.07. The van der Waals surface area contributed by atoms with Crippen LogP contribution in [0.4, 0.5) is 5.69 Å². The fourth-order valence-electron chi connectivity index (χ4n) is 3.84. The maximum atomic E-state index is 6.07. The van der Waals surface area contributed by atoms with Crippen molar-refractivity contribution in [2.24, 2.45) is 0 Å². The first-order valence-electron chi connectivity index (χ1n) is 11.6. The summed E-state index contributed by atoms with van der Waals surface area (Å²) in [5, 5.41) is 4.72. The lowest BCUT2D eigenvalue weighted by Gasteiger charge is -2.15. The van der Waals surface area contributed by atoms with E-state index in [0.29, 0.717) is 6.61 Å². The average molecular weight is 441 g/mol. The summed E-state index contributed by atoms with van der Waals surface area (Å²) in [6, 6.07) is 22.8. The monoisotopic (exact) mass is 440 g/mol. The lowest BCUT2D eigenvalue weighted by molar-refractivity contribution is 0.311. The molecule has 170 valence electrons. The van der Waals surface area contributed by atoms with Crippen molar-refractivity contribution in [2.45, 2.75) is 19.3 Å². The topological polar surface area (TPSA) is 50.3 Å². The summed E-state index contributed by atoms with van der Waals surface area (Å²) in [6.07, 6.45) is 6.70. The summed E-state index contributed by atoms with van der Waals surface area (Å²) in [5.74, 6) is 0.852. The molecule has 0 unspecified atom stereocenters. The van der Waals surface area contributed by atoms with Crippen molar-refractivity contribution in [1.29, 1.82) is 0 Å². The number of benzene rings is 2. The Morgan fingerprint density at radius 1 is 0.939 bits per heavy atom. The first-order chi connectivity index (χ1) is 16.2. The van der Waals surface area contributed by atoms with Crippen LogP contribution in [0.3, 0.4) is 0 Å². The second-order valence-electron chi connectivity index (χ2n) is 8.50. The van der Waals surface area contributed by atoms with E-state index in [0.717, 1.165) is 65.9 Å². The fourth-order valence-corrected chi connectivity index (χ4v) is 3.84. The minimum Gasteiger partial charge on any atom is -0.494 e. The summed E-state index contributed by atoms with van der Waals surface area (Å²) < 4.78 is 6.07. The smallest absolute Gasteiger partial charge is 0.121 e. The average Bonchev–Trinajstić information content (AvgIpc) is 2.85. The highest BCUT2D eigenvalue weighted by atomic mass is 16.5. The van der Waals surface area contributed by atoms with Crippen molar-refractivity contribution in [2.75, 3.05) is 39.1 Å². The number of rotatable bonds is 11. The van der Waals surface area contributed by atoms with Gasteiger partial charge in [0.25, 0.3) is 0 Å². The first-order valence-corrected chi connectivity index (χ1v) is 11.6. The largest absolute Gasteiger partial charge is 0.494 e. The molecule has 0 radical (unpaired) electrons. The Bertz CT molecular complexity index is 1150. The Morgan fingerprint density at radius 2 is 1.82 bits per heavy atom. The normalized spacial score (nSPS) is 11.1. The number of hydrogen-bond acceptors (Lipinski definition) is 5. The molecule has 0 spiro atoms. The van der Waals surface area contributed by atoms with Crippen LogP contribution in [0.25, 0.3) is 22.2 Å². The number of nitrogens with one attached hydrogen (secondary N) is 1. The minimum absolute atomic E-state index is 0.679. The van der Waals surface area contributed by atoms with Crippen LogP contribution in [0.1, 0.15) is 18.4 Å². The first kappa shape index (κ1) is 22.7. The molecule has 0 aliphatic rings. The molecule has 0 saturated heterocycles. The van der Waals surface area contributed by atoms with Crippen molar-refractivity contribution >= 4 is 16.6 Å². The predicted molar refractivity (Wildman–Crippen MR) is 137 cm³/mol. The molecule has 33 heavy (non-hydrogen) atoms. The van der Waals surface area contributed by atoms with E-state index >= 15 is 0 Å². The number of anilines is 1. The van der Waals surface area contributed by atoms with Crippen molar-refractivity contribution < 1.29 is 4.74 Å². The molecule has 0 fully saturated rings. The zero-order valence-corrected chi connectivity index (χ0v) is 19.5. The van der Waals surface area contributed by atoms with E-state index in [1.165, 1.54) is 5.56 Å². The Morgan fingerprint density at radius 3 is 2.61 bits per heavy atom. The van der Waals surface area contributed by atoms with E-state index in [4.69, 9.17) is 9.72 Å². The predicted octanol–water partition coefficient (Wildman–Crippen LogP) is 5.67. The van der Waals surface area contributed by atoms with Gasteiger partial charge >= 0.3 is 0 Å². The van der Waals surface area contributed by atoms with E-state index in [-0.39, 0.29) is 0 Å². The summed E-state index contributed by atoms with van der Waals surface area (Å²) in [5.41, 5.74) is 5.27. The van der Waals surface area contributed by atoms with Crippen LogP contribution in [0.15, 0.2) is 79.1 Å². The highest BCUT2D eigenvalue weighted by Gasteiger charge is 2.09. The molecule has 0 bridgehead atoms. The summed E-state index contributed by atoms with van der Waals surface area (Å²) in [7, 11) is 4.20. The third-order valence-electron chi connectivity index (χ3n) is 5.56. The molecule has 2 aromatic carbocycles. The van der Waals surface area contributed by atoms with Crippen LogP contribution < -0.4 is 10.1 Å². The summed E-state index contributed by atoms with van der Waals surface area (Å²) in [4.78, 5) is 11.4. The van der Waals surface area contributed by atoms with E-state index in [2.05, 4.69) is 65.7 Å². The molecule has 1 N–H and O–H groups in total. The number of fused-ring (bicyclic) bond motifs is 1. The molecule has 2 aromatic heterocycles. The SMILES string of the molecule is CN(C)CCCNc1cc(-c2cccnc2)nc2cc(OCCCc3ccccc3)ccc12. The number of hydrogen-bond donors (Lipinski definition) is 1. The van der Waals surface area contributed by atoms with E-state index in [9.17, 15) is 0 Å². The standard InChI is InChI=1S/C28H32N4O/c1-32(2)17-8-16-30-27-20-26(23-12-6-15-29-21-23)31-28-19-24(13-14-25(27)28)33-18-7-11-22-9-4-3-5-10-22/h3-6,9-10,12-15,19-21H,7-8,11,16-18H2,1-2H3,(H,30,31). The zero-order valence-electron chi connectivity index (χ0n) is 19.5. The second kappa shape index (κ2) is 11.4. The van der Waals surface area contributed by atoms with Crippen LogP contribution in [0.2, 0.25) is 0 Å². The van der Waals surface area contributed by atoms with Crippen molar-refractivity contribution in [1.82, 2.24) is 14.9 Å². The molecule has 4 rings (SSSR count). The Balaban J connectivity index is 1.51. The fraction of sp³-hybridized carbons (Fsp3) is 0.286. The molecular formula is C28H32N4O. The van der Waals surface area contributed by atoms with Crippen LogP contribution in [0, 0.1) is 0 Å².